The number of hydrogen-bond acceptors (Lipinski definition) is 2. The smallest absolute Gasteiger partial charge is 0.0366 e. The van der Waals surface area contributed by atoms with Crippen molar-refractivity contribution in [2.45, 2.75) is 26.8 Å². The Morgan fingerprint density at radius 1 is 1.05 bits per heavy atom. The van der Waals surface area contributed by atoms with Gasteiger partial charge in [0.25, 0.3) is 0 Å². The number of anilines is 1. The first-order valence-electron chi connectivity index (χ1n) is 7.48. The minimum absolute atomic E-state index is 0.0140. The van der Waals surface area contributed by atoms with Crippen molar-refractivity contribution in [3.05, 3.63) is 65.7 Å². The van der Waals surface area contributed by atoms with E-state index in [1.807, 2.05) is 6.07 Å². The molecule has 2 aromatic rings. The lowest BCUT2D eigenvalue weighted by Crippen LogP contribution is -2.39. The van der Waals surface area contributed by atoms with Gasteiger partial charge in [-0.3, -0.25) is 0 Å². The van der Waals surface area contributed by atoms with Crippen LogP contribution < -0.4 is 10.6 Å². The molecule has 2 heteroatoms. The Balaban J connectivity index is 2.13. The molecule has 0 aliphatic carbocycles. The maximum Gasteiger partial charge on any atom is 0.0366 e. The Hall–Kier alpha value is -1.80. The van der Waals surface area contributed by atoms with Crippen molar-refractivity contribution in [1.29, 1.82) is 0 Å². The normalized spacial score (nSPS) is 13.0. The van der Waals surface area contributed by atoms with Crippen molar-refractivity contribution in [2.24, 2.45) is 11.1 Å². The Labute approximate surface area is 128 Å². The van der Waals surface area contributed by atoms with Gasteiger partial charge in [-0.2, -0.15) is 0 Å². The molecule has 2 rings (SSSR count). The molecule has 0 saturated carbocycles. The second-order valence-electron chi connectivity index (χ2n) is 6.57. The zero-order chi connectivity index (χ0) is 15.5. The Kier molecular flexibility index (Phi) is 4.69. The predicted molar refractivity (Wildman–Crippen MR) is 91.6 cm³/mol. The van der Waals surface area contributed by atoms with E-state index in [1.165, 1.54) is 16.8 Å². The molecule has 21 heavy (non-hydrogen) atoms. The summed E-state index contributed by atoms with van der Waals surface area (Å²) in [4.78, 5) is 2.29. The van der Waals surface area contributed by atoms with E-state index in [0.29, 0.717) is 0 Å². The van der Waals surface area contributed by atoms with E-state index in [9.17, 15) is 0 Å². The van der Waals surface area contributed by atoms with Crippen LogP contribution in [0.15, 0.2) is 54.6 Å². The molecule has 2 N–H and O–H groups in total. The highest BCUT2D eigenvalue weighted by Gasteiger charge is 2.29. The van der Waals surface area contributed by atoms with Gasteiger partial charge in [0.1, 0.15) is 0 Å². The largest absolute Gasteiger partial charge is 0.374 e. The Morgan fingerprint density at radius 2 is 1.71 bits per heavy atom. The van der Waals surface area contributed by atoms with Gasteiger partial charge in [0.05, 0.1) is 0 Å². The van der Waals surface area contributed by atoms with Crippen LogP contribution in [0, 0.1) is 12.3 Å². The second-order valence-corrected chi connectivity index (χ2v) is 6.57. The van der Waals surface area contributed by atoms with Crippen molar-refractivity contribution in [1.82, 2.24) is 0 Å². The highest BCUT2D eigenvalue weighted by atomic mass is 15.1. The van der Waals surface area contributed by atoms with E-state index in [0.717, 1.165) is 6.54 Å². The fourth-order valence-electron chi connectivity index (χ4n) is 2.78. The molecule has 1 atom stereocenters. The summed E-state index contributed by atoms with van der Waals surface area (Å²) >= 11 is 0. The molecule has 2 aromatic carbocycles. The van der Waals surface area contributed by atoms with E-state index in [-0.39, 0.29) is 11.5 Å². The zero-order valence-corrected chi connectivity index (χ0v) is 13.5. The first-order valence-corrected chi connectivity index (χ1v) is 7.48. The molecule has 0 fully saturated rings. The highest BCUT2D eigenvalue weighted by Crippen LogP contribution is 2.33. The summed E-state index contributed by atoms with van der Waals surface area (Å²) in [6, 6.07) is 19.0. The second kappa shape index (κ2) is 6.31. The van der Waals surface area contributed by atoms with Crippen LogP contribution in [0.25, 0.3) is 0 Å². The van der Waals surface area contributed by atoms with Crippen LogP contribution in [0.1, 0.15) is 31.0 Å². The van der Waals surface area contributed by atoms with Gasteiger partial charge < -0.3 is 10.6 Å². The lowest BCUT2D eigenvalue weighted by Gasteiger charge is -2.36. The van der Waals surface area contributed by atoms with E-state index in [4.69, 9.17) is 5.73 Å². The van der Waals surface area contributed by atoms with Crippen LogP contribution >= 0.6 is 0 Å². The average molecular weight is 282 g/mol. The van der Waals surface area contributed by atoms with Crippen molar-refractivity contribution in [3.63, 3.8) is 0 Å². The van der Waals surface area contributed by atoms with Gasteiger partial charge in [-0.05, 0) is 30.2 Å². The van der Waals surface area contributed by atoms with E-state index >= 15 is 0 Å². The number of rotatable bonds is 5. The average Bonchev–Trinajstić information content (AvgIpc) is 2.47. The van der Waals surface area contributed by atoms with Gasteiger partial charge in [-0.15, -0.1) is 0 Å². The summed E-state index contributed by atoms with van der Waals surface area (Å²) in [5.41, 5.74) is 10.2. The Bertz CT molecular complexity index is 575. The quantitative estimate of drug-likeness (QED) is 0.892. The van der Waals surface area contributed by atoms with Gasteiger partial charge in [-0.1, -0.05) is 56.3 Å². The molecule has 0 aliphatic rings. The minimum atomic E-state index is -0.0140. The fraction of sp³-hybridized carbons (Fsp3) is 0.368. The van der Waals surface area contributed by atoms with E-state index < -0.39 is 0 Å². The van der Waals surface area contributed by atoms with Gasteiger partial charge in [0.2, 0.25) is 0 Å². The van der Waals surface area contributed by atoms with Crippen molar-refractivity contribution in [2.75, 3.05) is 18.5 Å². The van der Waals surface area contributed by atoms with Crippen LogP contribution in [0.2, 0.25) is 0 Å². The van der Waals surface area contributed by atoms with Gasteiger partial charge in [0.15, 0.2) is 0 Å². The molecular formula is C19H26N2. The van der Waals surface area contributed by atoms with Crippen LogP contribution in [-0.4, -0.2) is 13.6 Å². The maximum atomic E-state index is 6.50. The third-order valence-corrected chi connectivity index (χ3v) is 4.09. The van der Waals surface area contributed by atoms with Crippen LogP contribution in [0.4, 0.5) is 5.69 Å². The first-order chi connectivity index (χ1) is 9.90. The molecule has 0 bridgehead atoms. The molecule has 0 saturated heterocycles. The summed E-state index contributed by atoms with van der Waals surface area (Å²) in [6.07, 6.45) is 0. The zero-order valence-electron chi connectivity index (χ0n) is 13.5. The lowest BCUT2D eigenvalue weighted by atomic mass is 9.80. The standard InChI is InChI=1S/C19H26N2/c1-15-9-8-12-17(13-15)21(4)14-19(2,3)18(20)16-10-6-5-7-11-16/h5-13,18H,14,20H2,1-4H3. The topological polar surface area (TPSA) is 29.3 Å². The monoisotopic (exact) mass is 282 g/mol. The summed E-state index contributed by atoms with van der Waals surface area (Å²) in [7, 11) is 2.13. The molecule has 2 nitrogen and oxygen atoms in total. The van der Waals surface area contributed by atoms with Crippen LogP contribution in [-0.2, 0) is 0 Å². The molecule has 0 aromatic heterocycles. The Morgan fingerprint density at radius 3 is 2.33 bits per heavy atom. The highest BCUT2D eigenvalue weighted by molar-refractivity contribution is 5.48. The summed E-state index contributed by atoms with van der Waals surface area (Å²) < 4.78 is 0. The van der Waals surface area contributed by atoms with Crippen molar-refractivity contribution in [3.8, 4) is 0 Å². The number of aryl methyl sites for hydroxylation is 1. The fourth-order valence-corrected chi connectivity index (χ4v) is 2.78. The molecule has 0 aliphatic heterocycles. The van der Waals surface area contributed by atoms with Crippen LogP contribution in [0.3, 0.4) is 0 Å². The summed E-state index contributed by atoms with van der Waals surface area (Å²) in [5, 5.41) is 0. The molecule has 1 unspecified atom stereocenters. The SMILES string of the molecule is Cc1cccc(N(C)CC(C)(C)C(N)c2ccccc2)c1. The van der Waals surface area contributed by atoms with E-state index in [2.05, 4.69) is 81.2 Å². The summed E-state index contributed by atoms with van der Waals surface area (Å²) in [6.45, 7) is 7.50. The number of nitrogens with two attached hydrogens (primary N) is 1. The van der Waals surface area contributed by atoms with Crippen molar-refractivity contribution >= 4 is 5.69 Å². The lowest BCUT2D eigenvalue weighted by molar-refractivity contribution is 0.296. The minimum Gasteiger partial charge on any atom is -0.374 e. The molecule has 0 heterocycles. The predicted octanol–water partition coefficient (Wildman–Crippen LogP) is 4.16. The van der Waals surface area contributed by atoms with Gasteiger partial charge in [-0.25, -0.2) is 0 Å². The molecular weight excluding hydrogens is 256 g/mol. The van der Waals surface area contributed by atoms with E-state index in [1.54, 1.807) is 0 Å². The molecule has 0 amide bonds. The van der Waals surface area contributed by atoms with Gasteiger partial charge >= 0.3 is 0 Å². The third kappa shape index (κ3) is 3.85. The van der Waals surface area contributed by atoms with Crippen LogP contribution in [0.5, 0.6) is 0 Å². The molecule has 0 spiro atoms. The number of benzene rings is 2. The van der Waals surface area contributed by atoms with Crippen molar-refractivity contribution < 1.29 is 0 Å². The molecule has 112 valence electrons. The molecule has 0 radical (unpaired) electrons. The maximum absolute atomic E-state index is 6.50. The number of nitrogens with zero attached hydrogens (tertiary/aromatic N) is 1. The third-order valence-electron chi connectivity index (χ3n) is 4.09. The van der Waals surface area contributed by atoms with Gasteiger partial charge in [0, 0.05) is 30.7 Å². The number of hydrogen-bond donors (Lipinski definition) is 1. The summed E-state index contributed by atoms with van der Waals surface area (Å²) in [5.74, 6) is 0. The first kappa shape index (κ1) is 15.6.